The van der Waals surface area contributed by atoms with Crippen LogP contribution in [0.25, 0.3) is 11.4 Å². The van der Waals surface area contributed by atoms with E-state index in [1.165, 1.54) is 13.9 Å². The molecule has 0 amide bonds. The second-order valence-electron chi connectivity index (χ2n) is 8.87. The maximum Gasteiger partial charge on any atom is 0.356 e. The van der Waals surface area contributed by atoms with E-state index in [-0.39, 0.29) is 11.2 Å². The zero-order valence-electron chi connectivity index (χ0n) is 17.7. The summed E-state index contributed by atoms with van der Waals surface area (Å²) < 4.78 is 9.27. The largest absolute Gasteiger partial charge is 0.497 e. The van der Waals surface area contributed by atoms with E-state index in [1.54, 1.807) is 43.5 Å². The first-order valence-corrected chi connectivity index (χ1v) is 10.2. The summed E-state index contributed by atoms with van der Waals surface area (Å²) in [5, 5.41) is 0. The molecule has 7 heteroatoms. The summed E-state index contributed by atoms with van der Waals surface area (Å²) in [5.41, 5.74) is 1.23. The number of fused-ring (bicyclic) bond motifs is 2. The van der Waals surface area contributed by atoms with Crippen molar-refractivity contribution in [3.05, 3.63) is 86.7 Å². The van der Waals surface area contributed by atoms with Crippen molar-refractivity contribution in [1.29, 1.82) is 0 Å². The number of allylic oxidation sites excluding steroid dienone is 2. The Bertz CT molecular complexity index is 1340. The summed E-state index contributed by atoms with van der Waals surface area (Å²) >= 11 is 0. The molecule has 0 N–H and O–H groups in total. The first kappa shape index (κ1) is 19.4. The lowest BCUT2D eigenvalue weighted by molar-refractivity contribution is -0.118. The van der Waals surface area contributed by atoms with Gasteiger partial charge in [0, 0.05) is 12.0 Å². The van der Waals surface area contributed by atoms with Crippen LogP contribution in [0.5, 0.6) is 5.75 Å². The predicted molar refractivity (Wildman–Crippen MR) is 117 cm³/mol. The first-order chi connectivity index (χ1) is 14.8. The van der Waals surface area contributed by atoms with Crippen molar-refractivity contribution in [3.63, 3.8) is 0 Å². The van der Waals surface area contributed by atoms with Gasteiger partial charge in [0.05, 0.1) is 18.5 Å². The SMILES string of the molecule is COc1ccc(C2C3=C(CC(C)(C)CC3=O)n3c(=O)n(-c4ccccc4)c(=O)n32)cc1. The molecule has 1 atom stereocenters. The molecule has 158 valence electrons. The lowest BCUT2D eigenvalue weighted by Crippen LogP contribution is -2.33. The number of hydrogen-bond donors (Lipinski definition) is 0. The fourth-order valence-corrected chi connectivity index (χ4v) is 4.74. The standard InChI is InChI=1S/C24H23N3O4/c1-24(2)13-18-20(19(28)14-24)21(15-9-11-17(31-3)12-10-15)27-23(30)25(22(29)26(18)27)16-7-5-4-6-8-16/h4-12,21H,13-14H2,1-3H3. The van der Waals surface area contributed by atoms with Crippen LogP contribution < -0.4 is 16.1 Å². The number of ketones is 1. The molecular weight excluding hydrogens is 394 g/mol. The molecule has 7 nitrogen and oxygen atoms in total. The molecule has 31 heavy (non-hydrogen) atoms. The molecule has 0 fully saturated rings. The van der Waals surface area contributed by atoms with E-state index in [0.29, 0.717) is 35.5 Å². The number of Topliss-reactive ketones (excluding diaryl/α,β-unsaturated/α-hetero) is 1. The van der Waals surface area contributed by atoms with Crippen LogP contribution in [0.2, 0.25) is 0 Å². The molecule has 0 saturated heterocycles. The van der Waals surface area contributed by atoms with Crippen LogP contribution >= 0.6 is 0 Å². The molecule has 1 aromatic heterocycles. The van der Waals surface area contributed by atoms with E-state index < -0.39 is 17.4 Å². The average molecular weight is 417 g/mol. The normalized spacial score (nSPS) is 19.3. The zero-order valence-corrected chi connectivity index (χ0v) is 17.7. The number of ether oxygens (including phenoxy) is 1. The molecule has 0 spiro atoms. The molecule has 0 bridgehead atoms. The molecule has 2 aliphatic rings. The molecular formula is C24H23N3O4. The number of nitrogens with zero attached hydrogens (tertiary/aromatic N) is 3. The lowest BCUT2D eigenvalue weighted by atomic mass is 9.74. The lowest BCUT2D eigenvalue weighted by Gasteiger charge is -2.30. The predicted octanol–water partition coefficient (Wildman–Crippen LogP) is 3.01. The highest BCUT2D eigenvalue weighted by atomic mass is 16.5. The summed E-state index contributed by atoms with van der Waals surface area (Å²) in [6.45, 7) is 4.02. The van der Waals surface area contributed by atoms with E-state index in [9.17, 15) is 14.4 Å². The highest BCUT2D eigenvalue weighted by Gasteiger charge is 2.45. The smallest absolute Gasteiger partial charge is 0.356 e. The number of methoxy groups -OCH3 is 1. The maximum atomic E-state index is 13.5. The molecule has 5 rings (SSSR count). The Morgan fingerprint density at radius 2 is 1.58 bits per heavy atom. The van der Waals surface area contributed by atoms with Crippen molar-refractivity contribution in [1.82, 2.24) is 13.9 Å². The summed E-state index contributed by atoms with van der Waals surface area (Å²) in [6.07, 6.45) is 0.920. The molecule has 0 radical (unpaired) electrons. The number of hydrogen-bond acceptors (Lipinski definition) is 4. The minimum Gasteiger partial charge on any atom is -0.497 e. The second-order valence-corrected chi connectivity index (χ2v) is 8.87. The topological polar surface area (TPSA) is 75.2 Å². The average Bonchev–Trinajstić information content (AvgIpc) is 3.21. The number of aromatic nitrogens is 3. The van der Waals surface area contributed by atoms with Gasteiger partial charge in [-0.05, 0) is 41.7 Å². The maximum absolute atomic E-state index is 13.5. The highest BCUT2D eigenvalue weighted by molar-refractivity contribution is 6.04. The van der Waals surface area contributed by atoms with Crippen LogP contribution in [-0.2, 0) is 4.79 Å². The Balaban J connectivity index is 1.81. The van der Waals surface area contributed by atoms with Gasteiger partial charge in [-0.15, -0.1) is 0 Å². The molecule has 1 unspecified atom stereocenters. The van der Waals surface area contributed by atoms with Crippen LogP contribution in [0.15, 0.2) is 69.8 Å². The summed E-state index contributed by atoms with van der Waals surface area (Å²) in [5.74, 6) is 0.659. The van der Waals surface area contributed by atoms with Crippen molar-refractivity contribution in [3.8, 4) is 11.4 Å². The third-order valence-electron chi connectivity index (χ3n) is 6.09. The molecule has 1 aliphatic carbocycles. The van der Waals surface area contributed by atoms with Gasteiger partial charge < -0.3 is 4.74 Å². The molecule has 1 aliphatic heterocycles. The van der Waals surface area contributed by atoms with Gasteiger partial charge in [0.15, 0.2) is 5.78 Å². The van der Waals surface area contributed by atoms with Gasteiger partial charge >= 0.3 is 11.4 Å². The van der Waals surface area contributed by atoms with E-state index in [4.69, 9.17) is 4.74 Å². The third-order valence-corrected chi connectivity index (χ3v) is 6.09. The highest BCUT2D eigenvalue weighted by Crippen LogP contribution is 2.46. The molecule has 0 saturated carbocycles. The van der Waals surface area contributed by atoms with Gasteiger partial charge in [-0.25, -0.2) is 23.5 Å². The summed E-state index contributed by atoms with van der Waals surface area (Å²) in [7, 11) is 1.58. The number of benzene rings is 2. The van der Waals surface area contributed by atoms with Crippen molar-refractivity contribution in [2.24, 2.45) is 5.41 Å². The van der Waals surface area contributed by atoms with Crippen LogP contribution in [0.4, 0.5) is 0 Å². The summed E-state index contributed by atoms with van der Waals surface area (Å²) in [4.78, 5) is 40.2. The summed E-state index contributed by atoms with van der Waals surface area (Å²) in [6, 6.07) is 15.5. The molecule has 2 aromatic carbocycles. The Labute approximate surface area is 178 Å². The van der Waals surface area contributed by atoms with E-state index >= 15 is 0 Å². The fourth-order valence-electron chi connectivity index (χ4n) is 4.74. The molecule has 3 aromatic rings. The van der Waals surface area contributed by atoms with Gasteiger partial charge in [0.25, 0.3) is 0 Å². The van der Waals surface area contributed by atoms with E-state index in [2.05, 4.69) is 0 Å². The van der Waals surface area contributed by atoms with Gasteiger partial charge in [0.2, 0.25) is 0 Å². The van der Waals surface area contributed by atoms with Gasteiger partial charge in [-0.1, -0.05) is 44.2 Å². The number of para-hydroxylation sites is 1. The van der Waals surface area contributed by atoms with Crippen molar-refractivity contribution < 1.29 is 9.53 Å². The number of carbonyl (C=O) groups excluding carboxylic acids is 1. The zero-order chi connectivity index (χ0) is 21.9. The monoisotopic (exact) mass is 417 g/mol. The Kier molecular flexibility index (Phi) is 4.18. The Morgan fingerprint density at radius 1 is 0.903 bits per heavy atom. The van der Waals surface area contributed by atoms with Crippen LogP contribution in [0, 0.1) is 5.41 Å². The van der Waals surface area contributed by atoms with Gasteiger partial charge in [-0.3, -0.25) is 4.79 Å². The minimum absolute atomic E-state index is 0.0201. The Hall–Kier alpha value is -3.61. The van der Waals surface area contributed by atoms with Crippen LogP contribution in [0.1, 0.15) is 38.3 Å². The molecule has 2 heterocycles. The van der Waals surface area contributed by atoms with Crippen LogP contribution in [-0.4, -0.2) is 26.8 Å². The third kappa shape index (κ3) is 2.84. The van der Waals surface area contributed by atoms with Crippen molar-refractivity contribution in [2.75, 3.05) is 7.11 Å². The van der Waals surface area contributed by atoms with Crippen molar-refractivity contribution in [2.45, 2.75) is 32.7 Å². The van der Waals surface area contributed by atoms with E-state index in [1.807, 2.05) is 32.0 Å². The first-order valence-electron chi connectivity index (χ1n) is 10.2. The van der Waals surface area contributed by atoms with E-state index in [0.717, 1.165) is 5.56 Å². The minimum atomic E-state index is -0.644. The van der Waals surface area contributed by atoms with Gasteiger partial charge in [0.1, 0.15) is 11.8 Å². The number of rotatable bonds is 3. The quantitative estimate of drug-likeness (QED) is 0.657. The Morgan fingerprint density at radius 3 is 2.23 bits per heavy atom. The van der Waals surface area contributed by atoms with Gasteiger partial charge in [-0.2, -0.15) is 0 Å². The second kappa shape index (κ2) is 6.70. The van der Waals surface area contributed by atoms with Crippen molar-refractivity contribution >= 4 is 11.5 Å². The van der Waals surface area contributed by atoms with Crippen LogP contribution in [0.3, 0.4) is 0 Å². The fraction of sp³-hybridized carbons (Fsp3) is 0.292. The number of carbonyl (C=O) groups is 1.